The molecule has 1 saturated heterocycles. The molecular formula is C28H20FNO6S2. The third-order valence-corrected chi connectivity index (χ3v) is 8.03. The van der Waals surface area contributed by atoms with Crippen LogP contribution in [0.5, 0.6) is 11.5 Å². The van der Waals surface area contributed by atoms with Gasteiger partial charge in [-0.1, -0.05) is 48.5 Å². The van der Waals surface area contributed by atoms with Crippen LogP contribution >= 0.6 is 11.8 Å². The number of imide groups is 1. The molecule has 0 aliphatic carbocycles. The minimum Gasteiger partial charge on any atom is -0.493 e. The smallest absolute Gasteiger partial charge is 0.339 e. The minimum atomic E-state index is -4.24. The molecule has 0 spiro atoms. The summed E-state index contributed by atoms with van der Waals surface area (Å²) in [7, 11) is -2.90. The van der Waals surface area contributed by atoms with Gasteiger partial charge in [-0.2, -0.15) is 8.42 Å². The zero-order valence-electron chi connectivity index (χ0n) is 20.0. The normalized spacial score (nSPS) is 14.9. The molecule has 2 amide bonds. The maximum Gasteiger partial charge on any atom is 0.339 e. The Morgan fingerprint density at radius 1 is 0.921 bits per heavy atom. The van der Waals surface area contributed by atoms with Crippen LogP contribution < -0.4 is 8.92 Å². The van der Waals surface area contributed by atoms with Gasteiger partial charge in [-0.15, -0.1) is 0 Å². The van der Waals surface area contributed by atoms with Crippen LogP contribution in [-0.4, -0.2) is 31.6 Å². The number of methoxy groups -OCH3 is 1. The molecule has 0 atom stereocenters. The summed E-state index contributed by atoms with van der Waals surface area (Å²) >= 11 is 0.827. The number of hydrogen-bond donors (Lipinski definition) is 0. The highest BCUT2D eigenvalue weighted by Crippen LogP contribution is 2.36. The standard InChI is InChI=1S/C28H20FNO6S2/c1-35-25-15-18(9-14-24(25)36-38(33,34)22-12-10-21(29)11-13-22)16-26-27(31)30(28(32)37-26)17-20-7-4-6-19-5-2-3-8-23(19)20/h2-16H,17H2,1H3/b26-16-. The molecule has 1 aliphatic rings. The average molecular weight is 550 g/mol. The van der Waals surface area contributed by atoms with Gasteiger partial charge in [-0.05, 0) is 76.1 Å². The molecule has 5 rings (SSSR count). The number of nitrogens with zero attached hydrogens (tertiary/aromatic N) is 1. The number of rotatable bonds is 7. The molecule has 0 unspecified atom stereocenters. The molecule has 192 valence electrons. The minimum absolute atomic E-state index is 0.0852. The van der Waals surface area contributed by atoms with Crippen molar-refractivity contribution in [3.63, 3.8) is 0 Å². The summed E-state index contributed by atoms with van der Waals surface area (Å²) < 4.78 is 48.8. The molecule has 0 saturated carbocycles. The van der Waals surface area contributed by atoms with E-state index in [9.17, 15) is 22.4 Å². The van der Waals surface area contributed by atoms with Crippen molar-refractivity contribution < 1.29 is 31.3 Å². The quantitative estimate of drug-likeness (QED) is 0.207. The molecular weight excluding hydrogens is 529 g/mol. The summed E-state index contributed by atoms with van der Waals surface area (Å²) in [6.45, 7) is 0.140. The lowest BCUT2D eigenvalue weighted by Crippen LogP contribution is -2.27. The van der Waals surface area contributed by atoms with E-state index in [2.05, 4.69) is 0 Å². The van der Waals surface area contributed by atoms with Gasteiger partial charge in [-0.25, -0.2) is 4.39 Å². The number of amides is 2. The molecule has 38 heavy (non-hydrogen) atoms. The van der Waals surface area contributed by atoms with Crippen LogP contribution in [0.2, 0.25) is 0 Å². The first-order valence-electron chi connectivity index (χ1n) is 11.4. The van der Waals surface area contributed by atoms with Crippen molar-refractivity contribution in [1.29, 1.82) is 0 Å². The molecule has 0 aromatic heterocycles. The Bertz CT molecular complexity index is 1700. The van der Waals surface area contributed by atoms with Gasteiger partial charge in [0.2, 0.25) is 0 Å². The van der Waals surface area contributed by atoms with Crippen molar-refractivity contribution in [2.24, 2.45) is 0 Å². The van der Waals surface area contributed by atoms with E-state index in [1.54, 1.807) is 0 Å². The SMILES string of the molecule is COc1cc(/C=C2\SC(=O)N(Cc3cccc4ccccc34)C2=O)ccc1OS(=O)(=O)c1ccc(F)cc1. The Morgan fingerprint density at radius 3 is 2.42 bits per heavy atom. The van der Waals surface area contributed by atoms with Gasteiger partial charge in [0.15, 0.2) is 11.5 Å². The third-order valence-electron chi connectivity index (χ3n) is 5.87. The van der Waals surface area contributed by atoms with Crippen molar-refractivity contribution in [3.8, 4) is 11.5 Å². The topological polar surface area (TPSA) is 90.0 Å². The Balaban J connectivity index is 1.37. The van der Waals surface area contributed by atoms with Crippen LogP contribution in [0.1, 0.15) is 11.1 Å². The summed E-state index contributed by atoms with van der Waals surface area (Å²) in [5.41, 5.74) is 1.36. The monoisotopic (exact) mass is 549 g/mol. The van der Waals surface area contributed by atoms with Gasteiger partial charge < -0.3 is 8.92 Å². The van der Waals surface area contributed by atoms with Crippen molar-refractivity contribution in [1.82, 2.24) is 4.90 Å². The van der Waals surface area contributed by atoms with Gasteiger partial charge in [0.1, 0.15) is 10.7 Å². The highest BCUT2D eigenvalue weighted by atomic mass is 32.2. The zero-order chi connectivity index (χ0) is 26.9. The number of carbonyl (C=O) groups is 2. The molecule has 1 aliphatic heterocycles. The van der Waals surface area contributed by atoms with Crippen LogP contribution in [-0.2, 0) is 21.5 Å². The van der Waals surface area contributed by atoms with Crippen LogP contribution in [0.4, 0.5) is 9.18 Å². The number of carbonyl (C=O) groups excluding carboxylic acids is 2. The van der Waals surface area contributed by atoms with Crippen LogP contribution in [0.25, 0.3) is 16.8 Å². The van der Waals surface area contributed by atoms with E-state index in [0.29, 0.717) is 5.56 Å². The number of thioether (sulfide) groups is 1. The largest absolute Gasteiger partial charge is 0.493 e. The fourth-order valence-electron chi connectivity index (χ4n) is 4.00. The summed E-state index contributed by atoms with van der Waals surface area (Å²) in [4.78, 5) is 27.0. The molecule has 1 fully saturated rings. The third kappa shape index (κ3) is 5.13. The second kappa shape index (κ2) is 10.3. The van der Waals surface area contributed by atoms with Gasteiger partial charge in [0, 0.05) is 0 Å². The summed E-state index contributed by atoms with van der Waals surface area (Å²) in [6.07, 6.45) is 1.54. The zero-order valence-corrected chi connectivity index (χ0v) is 21.6. The summed E-state index contributed by atoms with van der Waals surface area (Å²) in [6, 6.07) is 22.1. The Morgan fingerprint density at radius 2 is 1.66 bits per heavy atom. The molecule has 0 N–H and O–H groups in total. The lowest BCUT2D eigenvalue weighted by molar-refractivity contribution is -0.123. The van der Waals surface area contributed by atoms with Gasteiger partial charge >= 0.3 is 10.1 Å². The first-order chi connectivity index (χ1) is 18.2. The van der Waals surface area contributed by atoms with Gasteiger partial charge in [-0.3, -0.25) is 14.5 Å². The van der Waals surface area contributed by atoms with Gasteiger partial charge in [0.25, 0.3) is 11.1 Å². The van der Waals surface area contributed by atoms with E-state index in [1.165, 1.54) is 36.3 Å². The lowest BCUT2D eigenvalue weighted by atomic mass is 10.0. The van der Waals surface area contributed by atoms with Crippen molar-refractivity contribution in [2.75, 3.05) is 7.11 Å². The first-order valence-corrected chi connectivity index (χ1v) is 13.6. The van der Waals surface area contributed by atoms with Gasteiger partial charge in [0.05, 0.1) is 18.6 Å². The first kappa shape index (κ1) is 25.5. The van der Waals surface area contributed by atoms with E-state index >= 15 is 0 Å². The molecule has 10 heteroatoms. The average Bonchev–Trinajstić information content (AvgIpc) is 3.17. The molecule has 7 nitrogen and oxygen atoms in total. The van der Waals surface area contributed by atoms with E-state index < -0.39 is 21.8 Å². The fraction of sp³-hybridized carbons (Fsp3) is 0.0714. The van der Waals surface area contributed by atoms with E-state index in [-0.39, 0.29) is 33.1 Å². The van der Waals surface area contributed by atoms with Crippen molar-refractivity contribution in [2.45, 2.75) is 11.4 Å². The fourth-order valence-corrected chi connectivity index (χ4v) is 5.78. The molecule has 1 heterocycles. The van der Waals surface area contributed by atoms with E-state index in [0.717, 1.165) is 52.4 Å². The highest BCUT2D eigenvalue weighted by Gasteiger charge is 2.35. The molecule has 4 aromatic carbocycles. The maximum atomic E-state index is 13.2. The van der Waals surface area contributed by atoms with Crippen molar-refractivity contribution in [3.05, 3.63) is 107 Å². The number of hydrogen-bond acceptors (Lipinski definition) is 7. The molecule has 0 bridgehead atoms. The van der Waals surface area contributed by atoms with E-state index in [1.807, 2.05) is 42.5 Å². The predicted octanol–water partition coefficient (Wildman–Crippen LogP) is 5.99. The number of fused-ring (bicyclic) bond motifs is 1. The van der Waals surface area contributed by atoms with Crippen LogP contribution in [0, 0.1) is 5.82 Å². The summed E-state index contributed by atoms with van der Waals surface area (Å²) in [5, 5.41) is 1.60. The van der Waals surface area contributed by atoms with Crippen LogP contribution in [0.15, 0.2) is 94.7 Å². The maximum absolute atomic E-state index is 13.2. The number of ether oxygens (including phenoxy) is 1. The van der Waals surface area contributed by atoms with Crippen LogP contribution in [0.3, 0.4) is 0 Å². The predicted molar refractivity (Wildman–Crippen MR) is 143 cm³/mol. The molecule has 0 radical (unpaired) electrons. The Labute approximate surface area is 222 Å². The van der Waals surface area contributed by atoms with Crippen molar-refractivity contribution >= 4 is 49.9 Å². The number of benzene rings is 4. The second-order valence-electron chi connectivity index (χ2n) is 8.31. The Hall–Kier alpha value is -4.15. The lowest BCUT2D eigenvalue weighted by Gasteiger charge is -2.14. The second-order valence-corrected chi connectivity index (χ2v) is 10.8. The Kier molecular flexibility index (Phi) is 6.92. The van der Waals surface area contributed by atoms with E-state index in [4.69, 9.17) is 8.92 Å². The summed E-state index contributed by atoms with van der Waals surface area (Å²) in [5.74, 6) is -0.990. The number of halogens is 1. The highest BCUT2D eigenvalue weighted by molar-refractivity contribution is 8.18. The molecule has 4 aromatic rings.